The lowest BCUT2D eigenvalue weighted by molar-refractivity contribution is -0.142. The van der Waals surface area contributed by atoms with Crippen molar-refractivity contribution in [2.24, 2.45) is 5.92 Å². The molecule has 1 aliphatic carbocycles. The lowest BCUT2D eigenvalue weighted by Crippen LogP contribution is -2.03. The molecule has 0 unspecified atom stereocenters. The lowest BCUT2D eigenvalue weighted by Gasteiger charge is -1.94. The first kappa shape index (κ1) is 8.50. The van der Waals surface area contributed by atoms with E-state index in [1.54, 1.807) is 0 Å². The highest BCUT2D eigenvalue weighted by molar-refractivity contribution is 7.13. The maximum absolute atomic E-state index is 11.1. The molecule has 1 aromatic heterocycles. The minimum atomic E-state index is -0.142. The molecule has 0 radical (unpaired) electrons. The van der Waals surface area contributed by atoms with Crippen LogP contribution in [0.4, 0.5) is 5.13 Å². The van der Waals surface area contributed by atoms with Crippen LogP contribution < -0.4 is 5.73 Å². The quantitative estimate of drug-likeness (QED) is 0.720. The fourth-order valence-corrected chi connectivity index (χ4v) is 2.03. The summed E-state index contributed by atoms with van der Waals surface area (Å²) in [7, 11) is 1.41. The number of methoxy groups -OCH3 is 1. The molecule has 0 bridgehead atoms. The van der Waals surface area contributed by atoms with E-state index in [0.29, 0.717) is 5.13 Å². The number of ether oxygens (including phenoxy) is 1. The Hall–Kier alpha value is -1.10. The van der Waals surface area contributed by atoms with E-state index in [1.165, 1.54) is 18.4 Å². The van der Waals surface area contributed by atoms with E-state index in [-0.39, 0.29) is 17.8 Å². The SMILES string of the molecule is COC(=O)[C@@H]1C[C@@H]1c1csc(N)n1. The first-order valence-corrected chi connectivity index (χ1v) is 4.89. The van der Waals surface area contributed by atoms with Crippen molar-refractivity contribution >= 4 is 22.4 Å². The summed E-state index contributed by atoms with van der Waals surface area (Å²) in [6.07, 6.45) is 0.843. The fraction of sp³-hybridized carbons (Fsp3) is 0.500. The van der Waals surface area contributed by atoms with Crippen LogP contribution in [-0.2, 0) is 9.53 Å². The van der Waals surface area contributed by atoms with Gasteiger partial charge in [-0.25, -0.2) is 4.98 Å². The zero-order chi connectivity index (χ0) is 9.42. The van der Waals surface area contributed by atoms with Crippen LogP contribution in [0.15, 0.2) is 5.38 Å². The Balaban J connectivity index is 2.04. The summed E-state index contributed by atoms with van der Waals surface area (Å²) in [5.41, 5.74) is 6.42. The number of nitrogen functional groups attached to an aromatic ring is 1. The molecule has 1 aromatic rings. The van der Waals surface area contributed by atoms with Crippen LogP contribution in [0.2, 0.25) is 0 Å². The third-order valence-corrected chi connectivity index (χ3v) is 2.91. The van der Waals surface area contributed by atoms with Gasteiger partial charge in [-0.15, -0.1) is 11.3 Å². The average molecular weight is 198 g/mol. The molecule has 1 heterocycles. The predicted molar refractivity (Wildman–Crippen MR) is 49.4 cm³/mol. The smallest absolute Gasteiger partial charge is 0.309 e. The Kier molecular flexibility index (Phi) is 1.95. The number of nitrogens with two attached hydrogens (primary N) is 1. The first-order chi connectivity index (χ1) is 6.22. The molecule has 70 valence electrons. The summed E-state index contributed by atoms with van der Waals surface area (Å²) in [4.78, 5) is 15.2. The van der Waals surface area contributed by atoms with Crippen LogP contribution in [0.3, 0.4) is 0 Å². The van der Waals surface area contributed by atoms with E-state index in [0.717, 1.165) is 12.1 Å². The number of anilines is 1. The van der Waals surface area contributed by atoms with Crippen molar-refractivity contribution in [3.8, 4) is 0 Å². The van der Waals surface area contributed by atoms with Gasteiger partial charge in [0, 0.05) is 11.3 Å². The Morgan fingerprint density at radius 1 is 1.85 bits per heavy atom. The Bertz CT molecular complexity index is 337. The van der Waals surface area contributed by atoms with Gasteiger partial charge in [0.1, 0.15) is 0 Å². The molecule has 13 heavy (non-hydrogen) atoms. The number of carbonyl (C=O) groups is 1. The molecule has 2 rings (SSSR count). The predicted octanol–water partition coefficient (Wildman–Crippen LogP) is 1.00. The standard InChI is InChI=1S/C8H10N2O2S/c1-12-7(11)5-2-4(5)6-3-13-8(9)10-6/h3-5H,2H2,1H3,(H2,9,10)/t4-,5+/m0/s1. The zero-order valence-corrected chi connectivity index (χ0v) is 8.00. The second-order valence-electron chi connectivity index (χ2n) is 3.08. The van der Waals surface area contributed by atoms with Crippen LogP contribution in [0.1, 0.15) is 18.0 Å². The van der Waals surface area contributed by atoms with Gasteiger partial charge in [0.15, 0.2) is 5.13 Å². The van der Waals surface area contributed by atoms with E-state index < -0.39 is 0 Å². The van der Waals surface area contributed by atoms with Crippen molar-refractivity contribution < 1.29 is 9.53 Å². The molecule has 5 heteroatoms. The van der Waals surface area contributed by atoms with Gasteiger partial charge >= 0.3 is 5.97 Å². The maximum atomic E-state index is 11.1. The van der Waals surface area contributed by atoms with Crippen LogP contribution in [0.25, 0.3) is 0 Å². The number of aromatic nitrogens is 1. The molecule has 2 atom stereocenters. The third-order valence-electron chi connectivity index (χ3n) is 2.21. The summed E-state index contributed by atoms with van der Waals surface area (Å²) < 4.78 is 4.64. The molecular weight excluding hydrogens is 188 g/mol. The number of hydrogen-bond donors (Lipinski definition) is 1. The van der Waals surface area contributed by atoms with Gasteiger partial charge in [-0.1, -0.05) is 0 Å². The van der Waals surface area contributed by atoms with Gasteiger partial charge in [0.25, 0.3) is 0 Å². The molecule has 2 N–H and O–H groups in total. The third kappa shape index (κ3) is 1.51. The maximum Gasteiger partial charge on any atom is 0.309 e. The number of hydrogen-bond acceptors (Lipinski definition) is 5. The summed E-state index contributed by atoms with van der Waals surface area (Å²) in [5, 5.41) is 2.47. The normalized spacial score (nSPS) is 25.6. The van der Waals surface area contributed by atoms with Gasteiger partial charge in [0.2, 0.25) is 0 Å². The fourth-order valence-electron chi connectivity index (χ4n) is 1.40. The average Bonchev–Trinajstić information content (AvgIpc) is 2.82. The van der Waals surface area contributed by atoms with Gasteiger partial charge in [0.05, 0.1) is 18.7 Å². The Labute approximate surface area is 79.7 Å². The van der Waals surface area contributed by atoms with Crippen LogP contribution in [0, 0.1) is 5.92 Å². The molecule has 0 aromatic carbocycles. The molecular formula is C8H10N2O2S. The number of esters is 1. The van der Waals surface area contributed by atoms with Crippen LogP contribution >= 0.6 is 11.3 Å². The van der Waals surface area contributed by atoms with E-state index in [2.05, 4.69) is 9.72 Å². The highest BCUT2D eigenvalue weighted by Crippen LogP contribution is 2.48. The minimum absolute atomic E-state index is 0.00602. The topological polar surface area (TPSA) is 65.2 Å². The van der Waals surface area contributed by atoms with Crippen molar-refractivity contribution in [1.29, 1.82) is 0 Å². The van der Waals surface area contributed by atoms with Crippen molar-refractivity contribution in [3.05, 3.63) is 11.1 Å². The minimum Gasteiger partial charge on any atom is -0.469 e. The van der Waals surface area contributed by atoms with Crippen molar-refractivity contribution in [2.45, 2.75) is 12.3 Å². The largest absolute Gasteiger partial charge is 0.469 e. The highest BCUT2D eigenvalue weighted by atomic mass is 32.1. The lowest BCUT2D eigenvalue weighted by atomic mass is 10.2. The highest BCUT2D eigenvalue weighted by Gasteiger charge is 2.46. The second kappa shape index (κ2) is 2.99. The molecule has 0 amide bonds. The van der Waals surface area contributed by atoms with Crippen molar-refractivity contribution in [1.82, 2.24) is 4.98 Å². The Morgan fingerprint density at radius 3 is 3.15 bits per heavy atom. The van der Waals surface area contributed by atoms with Crippen molar-refractivity contribution in [3.63, 3.8) is 0 Å². The molecule has 4 nitrogen and oxygen atoms in total. The molecule has 1 fully saturated rings. The summed E-state index contributed by atoms with van der Waals surface area (Å²) >= 11 is 1.41. The number of rotatable bonds is 2. The van der Waals surface area contributed by atoms with Gasteiger partial charge in [-0.05, 0) is 6.42 Å². The summed E-state index contributed by atoms with van der Waals surface area (Å²) in [6.45, 7) is 0. The first-order valence-electron chi connectivity index (χ1n) is 4.01. The van der Waals surface area contributed by atoms with Crippen molar-refractivity contribution in [2.75, 3.05) is 12.8 Å². The monoisotopic (exact) mass is 198 g/mol. The number of carbonyl (C=O) groups excluding carboxylic acids is 1. The molecule has 0 aliphatic heterocycles. The van der Waals surface area contributed by atoms with Gasteiger partial charge in [-0.3, -0.25) is 4.79 Å². The van der Waals surface area contributed by atoms with E-state index in [9.17, 15) is 4.79 Å². The number of nitrogens with zero attached hydrogens (tertiary/aromatic N) is 1. The molecule has 1 saturated carbocycles. The number of thiazole rings is 1. The summed E-state index contributed by atoms with van der Waals surface area (Å²) in [5.74, 6) is 0.101. The zero-order valence-electron chi connectivity index (χ0n) is 7.19. The Morgan fingerprint density at radius 2 is 2.62 bits per heavy atom. The molecule has 1 aliphatic rings. The van der Waals surface area contributed by atoms with Crippen LogP contribution in [-0.4, -0.2) is 18.1 Å². The van der Waals surface area contributed by atoms with E-state index >= 15 is 0 Å². The van der Waals surface area contributed by atoms with E-state index in [1.807, 2.05) is 5.38 Å². The van der Waals surface area contributed by atoms with Gasteiger partial charge < -0.3 is 10.5 Å². The summed E-state index contributed by atoms with van der Waals surface area (Å²) in [6, 6.07) is 0. The van der Waals surface area contributed by atoms with Crippen LogP contribution in [0.5, 0.6) is 0 Å². The van der Waals surface area contributed by atoms with Gasteiger partial charge in [-0.2, -0.15) is 0 Å². The second-order valence-corrected chi connectivity index (χ2v) is 3.97. The van der Waals surface area contributed by atoms with E-state index in [4.69, 9.17) is 5.73 Å². The molecule has 0 saturated heterocycles. The molecule has 0 spiro atoms.